The Morgan fingerprint density at radius 2 is 1.62 bits per heavy atom. The molecule has 2 amide bonds. The summed E-state index contributed by atoms with van der Waals surface area (Å²) in [5.74, 6) is -0.0378. The molecule has 6 nitrogen and oxygen atoms in total. The van der Waals surface area contributed by atoms with Crippen molar-refractivity contribution in [3.05, 3.63) is 59.7 Å². The van der Waals surface area contributed by atoms with Crippen LogP contribution in [0.2, 0.25) is 0 Å². The fourth-order valence-electron chi connectivity index (χ4n) is 3.01. The minimum absolute atomic E-state index is 0.0562. The number of hydrogen-bond acceptors (Lipinski definition) is 4. The number of unbranched alkanes of at least 4 members (excludes halogenated alkanes) is 3. The summed E-state index contributed by atoms with van der Waals surface area (Å²) in [6.45, 7) is 6.67. The van der Waals surface area contributed by atoms with E-state index in [1.54, 1.807) is 42.5 Å². The topological polar surface area (TPSA) is 79.5 Å². The number of carbonyl (C=O) groups excluding carboxylic acids is 2. The molecule has 2 rings (SSSR count). The monoisotopic (exact) mass is 455 g/mol. The average molecular weight is 456 g/mol. The maximum Gasteiger partial charge on any atom is 0.261 e. The summed E-state index contributed by atoms with van der Waals surface area (Å²) >= 11 is 5.33. The normalized spacial score (nSPS) is 11.3. The van der Waals surface area contributed by atoms with Crippen molar-refractivity contribution in [3.63, 3.8) is 0 Å². The fourth-order valence-corrected chi connectivity index (χ4v) is 3.21. The predicted molar refractivity (Wildman–Crippen MR) is 133 cm³/mol. The molecule has 0 radical (unpaired) electrons. The van der Waals surface area contributed by atoms with Gasteiger partial charge in [0.25, 0.3) is 11.8 Å². The highest BCUT2D eigenvalue weighted by Gasteiger charge is 2.16. The summed E-state index contributed by atoms with van der Waals surface area (Å²) in [4.78, 5) is 25.4. The van der Waals surface area contributed by atoms with Crippen LogP contribution in [-0.4, -0.2) is 29.6 Å². The zero-order chi connectivity index (χ0) is 23.3. The molecule has 3 N–H and O–H groups in total. The Morgan fingerprint density at radius 3 is 2.34 bits per heavy atom. The summed E-state index contributed by atoms with van der Waals surface area (Å²) in [6.07, 6.45) is 5.20. The van der Waals surface area contributed by atoms with Gasteiger partial charge in [0.2, 0.25) is 0 Å². The third-order valence-corrected chi connectivity index (χ3v) is 5.23. The van der Waals surface area contributed by atoms with Gasteiger partial charge in [-0.2, -0.15) is 0 Å². The first-order valence-corrected chi connectivity index (χ1v) is 11.6. The molecule has 0 saturated heterocycles. The van der Waals surface area contributed by atoms with Crippen LogP contribution in [0.5, 0.6) is 5.75 Å². The van der Waals surface area contributed by atoms with Crippen molar-refractivity contribution >= 4 is 34.8 Å². The maximum absolute atomic E-state index is 12.8. The minimum atomic E-state index is -0.367. The van der Waals surface area contributed by atoms with Gasteiger partial charge in [0.1, 0.15) is 5.75 Å². The van der Waals surface area contributed by atoms with Gasteiger partial charge in [-0.05, 0) is 56.2 Å². The fraction of sp³-hybridized carbons (Fsp3) is 0.400. The van der Waals surface area contributed by atoms with Gasteiger partial charge in [-0.25, -0.2) is 0 Å². The van der Waals surface area contributed by atoms with E-state index in [1.165, 1.54) is 6.42 Å². The molecule has 1 unspecified atom stereocenters. The van der Waals surface area contributed by atoms with Crippen LogP contribution in [0, 0.1) is 0 Å². The highest BCUT2D eigenvalue weighted by molar-refractivity contribution is 7.80. The molecule has 0 aromatic heterocycles. The minimum Gasteiger partial charge on any atom is -0.493 e. The molecule has 0 bridgehead atoms. The van der Waals surface area contributed by atoms with Crippen molar-refractivity contribution in [3.8, 4) is 5.75 Å². The molecule has 2 aromatic rings. The van der Waals surface area contributed by atoms with Crippen LogP contribution in [0.15, 0.2) is 48.5 Å². The molecule has 2 aromatic carbocycles. The molecule has 0 aliphatic heterocycles. The van der Waals surface area contributed by atoms with Gasteiger partial charge in [-0.1, -0.05) is 57.4 Å². The number of anilines is 1. The van der Waals surface area contributed by atoms with Gasteiger partial charge in [-0.15, -0.1) is 0 Å². The summed E-state index contributed by atoms with van der Waals surface area (Å²) < 4.78 is 5.83. The van der Waals surface area contributed by atoms with Crippen molar-refractivity contribution in [1.82, 2.24) is 10.6 Å². The van der Waals surface area contributed by atoms with Crippen LogP contribution >= 0.6 is 12.2 Å². The first-order chi connectivity index (χ1) is 15.5. The quantitative estimate of drug-likeness (QED) is 0.316. The smallest absolute Gasteiger partial charge is 0.261 e. The van der Waals surface area contributed by atoms with Crippen LogP contribution in [0.4, 0.5) is 5.69 Å². The van der Waals surface area contributed by atoms with E-state index in [-0.39, 0.29) is 23.0 Å². The molecule has 0 fully saturated rings. The van der Waals surface area contributed by atoms with Gasteiger partial charge in [0.15, 0.2) is 5.11 Å². The van der Waals surface area contributed by atoms with Crippen molar-refractivity contribution in [1.29, 1.82) is 0 Å². The van der Waals surface area contributed by atoms with Crippen LogP contribution < -0.4 is 20.7 Å². The van der Waals surface area contributed by atoms with Crippen molar-refractivity contribution in [2.45, 2.75) is 58.9 Å². The predicted octanol–water partition coefficient (Wildman–Crippen LogP) is 5.30. The SMILES string of the molecule is CCCCCCOc1ccccc1C(=O)NC(=S)Nc1ccccc1C(=O)NC(C)CC. The van der Waals surface area contributed by atoms with E-state index in [4.69, 9.17) is 17.0 Å². The second-order valence-corrected chi connectivity index (χ2v) is 8.05. The lowest BCUT2D eigenvalue weighted by atomic mass is 10.1. The van der Waals surface area contributed by atoms with E-state index in [0.29, 0.717) is 29.2 Å². The first-order valence-electron chi connectivity index (χ1n) is 11.2. The van der Waals surface area contributed by atoms with Gasteiger partial charge in [-0.3, -0.25) is 14.9 Å². The average Bonchev–Trinajstić information content (AvgIpc) is 2.79. The molecule has 0 saturated carbocycles. The van der Waals surface area contributed by atoms with Crippen molar-refractivity contribution in [2.75, 3.05) is 11.9 Å². The molecular weight excluding hydrogens is 422 g/mol. The first kappa shape index (κ1) is 25.3. The Kier molecular flexibility index (Phi) is 10.7. The molecule has 0 heterocycles. The number of para-hydroxylation sites is 2. The highest BCUT2D eigenvalue weighted by Crippen LogP contribution is 2.19. The Morgan fingerprint density at radius 1 is 0.938 bits per heavy atom. The number of ether oxygens (including phenoxy) is 1. The van der Waals surface area contributed by atoms with E-state index in [1.807, 2.05) is 19.9 Å². The Balaban J connectivity index is 2.01. The molecule has 1 atom stereocenters. The standard InChI is InChI=1S/C25H33N3O3S/c1-4-6-7-12-17-31-22-16-11-9-14-20(22)24(30)28-25(32)27-21-15-10-8-13-19(21)23(29)26-18(3)5-2/h8-11,13-16,18H,4-7,12,17H2,1-3H3,(H,26,29)(H2,27,28,30,32). The van der Waals surface area contributed by atoms with E-state index < -0.39 is 0 Å². The van der Waals surface area contributed by atoms with Crippen LogP contribution in [0.3, 0.4) is 0 Å². The number of carbonyl (C=O) groups is 2. The third-order valence-electron chi connectivity index (χ3n) is 5.02. The Hall–Kier alpha value is -2.93. The lowest BCUT2D eigenvalue weighted by Crippen LogP contribution is -2.36. The molecule has 0 aliphatic carbocycles. The van der Waals surface area contributed by atoms with E-state index in [0.717, 1.165) is 25.7 Å². The number of amides is 2. The van der Waals surface area contributed by atoms with Gasteiger partial charge in [0.05, 0.1) is 23.4 Å². The van der Waals surface area contributed by atoms with Crippen LogP contribution in [0.1, 0.15) is 73.6 Å². The lowest BCUT2D eigenvalue weighted by Gasteiger charge is -2.16. The molecular formula is C25H33N3O3S. The summed E-state index contributed by atoms with van der Waals surface area (Å²) in [6, 6.07) is 14.2. The van der Waals surface area contributed by atoms with E-state index in [2.05, 4.69) is 22.9 Å². The molecule has 7 heteroatoms. The summed E-state index contributed by atoms with van der Waals surface area (Å²) in [5, 5.41) is 8.70. The van der Waals surface area contributed by atoms with E-state index >= 15 is 0 Å². The van der Waals surface area contributed by atoms with Gasteiger partial charge >= 0.3 is 0 Å². The number of nitrogens with one attached hydrogen (secondary N) is 3. The number of hydrogen-bond donors (Lipinski definition) is 3. The number of thiocarbonyl (C=S) groups is 1. The number of benzene rings is 2. The molecule has 172 valence electrons. The maximum atomic E-state index is 12.8. The summed E-state index contributed by atoms with van der Waals surface area (Å²) in [5.41, 5.74) is 1.40. The zero-order valence-electron chi connectivity index (χ0n) is 19.1. The highest BCUT2D eigenvalue weighted by atomic mass is 32.1. The van der Waals surface area contributed by atoms with Crippen LogP contribution in [0.25, 0.3) is 0 Å². The zero-order valence-corrected chi connectivity index (χ0v) is 19.9. The largest absolute Gasteiger partial charge is 0.493 e. The molecule has 32 heavy (non-hydrogen) atoms. The van der Waals surface area contributed by atoms with Gasteiger partial charge < -0.3 is 15.4 Å². The Labute approximate surface area is 196 Å². The second-order valence-electron chi connectivity index (χ2n) is 7.64. The second kappa shape index (κ2) is 13.5. The van der Waals surface area contributed by atoms with Crippen LogP contribution in [-0.2, 0) is 0 Å². The third kappa shape index (κ3) is 7.96. The molecule has 0 spiro atoms. The molecule has 0 aliphatic rings. The number of rotatable bonds is 11. The summed E-state index contributed by atoms with van der Waals surface area (Å²) in [7, 11) is 0. The Bertz CT molecular complexity index is 917. The van der Waals surface area contributed by atoms with E-state index in [9.17, 15) is 9.59 Å². The lowest BCUT2D eigenvalue weighted by molar-refractivity contribution is 0.0938. The van der Waals surface area contributed by atoms with Crippen molar-refractivity contribution in [2.24, 2.45) is 0 Å². The van der Waals surface area contributed by atoms with Gasteiger partial charge in [0, 0.05) is 6.04 Å². The van der Waals surface area contributed by atoms with Crippen molar-refractivity contribution < 1.29 is 14.3 Å².